The van der Waals surface area contributed by atoms with Crippen molar-refractivity contribution >= 4 is 33.7 Å². The van der Waals surface area contributed by atoms with Crippen molar-refractivity contribution in [3.05, 3.63) is 67.2 Å². The summed E-state index contributed by atoms with van der Waals surface area (Å²) >= 11 is 1.51. The lowest BCUT2D eigenvalue weighted by molar-refractivity contribution is -0.384. The van der Waals surface area contributed by atoms with Gasteiger partial charge in [-0.2, -0.15) is 5.26 Å². The molecule has 0 fully saturated rings. The van der Waals surface area contributed by atoms with E-state index in [9.17, 15) is 25.0 Å². The molecule has 1 aromatic carbocycles. The summed E-state index contributed by atoms with van der Waals surface area (Å²) in [7, 11) is 0. The number of rotatable bonds is 3. The minimum Gasteiger partial charge on any atom is -0.294 e. The topological polar surface area (TPSA) is 104 Å². The van der Waals surface area contributed by atoms with Gasteiger partial charge in [-0.3, -0.25) is 24.6 Å². The number of nitrogens with zero attached hydrogens (tertiary/aromatic N) is 3. The van der Waals surface area contributed by atoms with Gasteiger partial charge in [0.05, 0.1) is 10.5 Å². The lowest BCUT2D eigenvalue weighted by Gasteiger charge is -2.42. The Balaban J connectivity index is 1.70. The summed E-state index contributed by atoms with van der Waals surface area (Å²) < 4.78 is 0. The second kappa shape index (κ2) is 8.17. The first kappa shape index (κ1) is 22.5. The van der Waals surface area contributed by atoms with Crippen LogP contribution in [0.5, 0.6) is 0 Å². The number of amides is 1. The molecule has 0 saturated heterocycles. The Bertz CT molecular complexity index is 1310. The van der Waals surface area contributed by atoms with E-state index in [1.54, 1.807) is 17.0 Å². The summed E-state index contributed by atoms with van der Waals surface area (Å²) in [4.78, 5) is 40.9. The van der Waals surface area contributed by atoms with Crippen LogP contribution < -0.4 is 4.90 Å². The molecule has 1 aliphatic heterocycles. The number of carbonyl (C=O) groups excluding carboxylic acids is 2. The van der Waals surface area contributed by atoms with Gasteiger partial charge < -0.3 is 0 Å². The highest BCUT2D eigenvalue weighted by Crippen LogP contribution is 2.51. The van der Waals surface area contributed by atoms with Crippen molar-refractivity contribution in [3.8, 4) is 6.07 Å². The number of carbonyl (C=O) groups is 2. The van der Waals surface area contributed by atoms with Crippen LogP contribution in [-0.2, 0) is 22.4 Å². The molecule has 2 aromatic rings. The van der Waals surface area contributed by atoms with Gasteiger partial charge in [0.15, 0.2) is 5.78 Å². The maximum absolute atomic E-state index is 13.7. The number of fused-ring (bicyclic) bond motifs is 1. The molecule has 174 valence electrons. The number of ketones is 1. The van der Waals surface area contributed by atoms with Crippen molar-refractivity contribution in [2.75, 3.05) is 4.90 Å². The van der Waals surface area contributed by atoms with Gasteiger partial charge in [0.2, 0.25) is 5.91 Å². The summed E-state index contributed by atoms with van der Waals surface area (Å²) in [5.41, 5.74) is 3.04. The van der Waals surface area contributed by atoms with Crippen LogP contribution in [0.1, 0.15) is 73.4 Å². The van der Waals surface area contributed by atoms with Gasteiger partial charge in [-0.1, -0.05) is 26.0 Å². The number of hydrogen-bond acceptors (Lipinski definition) is 6. The molecule has 5 rings (SSSR count). The third kappa shape index (κ3) is 3.64. The third-order valence-electron chi connectivity index (χ3n) is 7.09. The fourth-order valence-corrected chi connectivity index (χ4v) is 7.00. The summed E-state index contributed by atoms with van der Waals surface area (Å²) in [6.07, 6.45) is 4.76. The minimum atomic E-state index is -0.526. The zero-order chi connectivity index (χ0) is 24.2. The molecule has 2 aliphatic carbocycles. The predicted octanol–water partition coefficient (Wildman–Crippen LogP) is 5.57. The number of benzene rings is 1. The van der Waals surface area contributed by atoms with Crippen LogP contribution in [0.25, 0.3) is 0 Å². The van der Waals surface area contributed by atoms with Crippen molar-refractivity contribution < 1.29 is 14.5 Å². The fourth-order valence-electron chi connectivity index (χ4n) is 5.61. The molecular formula is C26H25N3O4S. The fraction of sp³-hybridized carbons (Fsp3) is 0.423. The smallest absolute Gasteiger partial charge is 0.269 e. The van der Waals surface area contributed by atoms with Crippen LogP contribution >= 0.6 is 11.3 Å². The Kier molecular flexibility index (Phi) is 5.40. The molecule has 1 aromatic heterocycles. The second-order valence-corrected chi connectivity index (χ2v) is 11.2. The van der Waals surface area contributed by atoms with E-state index >= 15 is 0 Å². The van der Waals surface area contributed by atoms with Crippen molar-refractivity contribution in [3.63, 3.8) is 0 Å². The van der Waals surface area contributed by atoms with Crippen LogP contribution in [0, 0.1) is 26.9 Å². The van der Waals surface area contributed by atoms with E-state index in [4.69, 9.17) is 0 Å². The zero-order valence-electron chi connectivity index (χ0n) is 19.2. The van der Waals surface area contributed by atoms with E-state index in [0.717, 1.165) is 36.1 Å². The van der Waals surface area contributed by atoms with Crippen LogP contribution in [0.3, 0.4) is 0 Å². The van der Waals surface area contributed by atoms with Crippen molar-refractivity contribution in [2.45, 2.75) is 64.7 Å². The number of nitro groups is 1. The van der Waals surface area contributed by atoms with Gasteiger partial charge in [0, 0.05) is 47.0 Å². The molecule has 7 nitrogen and oxygen atoms in total. The van der Waals surface area contributed by atoms with E-state index in [2.05, 4.69) is 6.07 Å². The molecule has 0 saturated carbocycles. The highest BCUT2D eigenvalue weighted by molar-refractivity contribution is 7.16. The number of nitriles is 1. The first-order valence-electron chi connectivity index (χ1n) is 11.6. The maximum Gasteiger partial charge on any atom is 0.269 e. The maximum atomic E-state index is 13.7. The number of thiophene rings is 1. The van der Waals surface area contributed by atoms with E-state index in [-0.39, 0.29) is 29.2 Å². The van der Waals surface area contributed by atoms with Crippen molar-refractivity contribution in [1.82, 2.24) is 0 Å². The average Bonchev–Trinajstić information content (AvgIpc) is 3.15. The van der Waals surface area contributed by atoms with Crippen LogP contribution in [-0.4, -0.2) is 16.6 Å². The molecule has 34 heavy (non-hydrogen) atoms. The molecular weight excluding hydrogens is 450 g/mol. The van der Waals surface area contributed by atoms with Crippen LogP contribution in [0.15, 0.2) is 35.5 Å². The Labute approximate surface area is 201 Å². The zero-order valence-corrected chi connectivity index (χ0v) is 20.0. The Morgan fingerprint density at radius 3 is 2.71 bits per heavy atom. The molecule has 0 bridgehead atoms. The highest BCUT2D eigenvalue weighted by Gasteiger charge is 2.45. The molecule has 1 amide bonds. The Hall–Kier alpha value is -3.31. The number of nitro benzene ring substituents is 1. The second-order valence-electron chi connectivity index (χ2n) is 10.1. The van der Waals surface area contributed by atoms with Gasteiger partial charge in [0.25, 0.3) is 5.69 Å². The lowest BCUT2D eigenvalue weighted by Crippen LogP contribution is -2.43. The third-order valence-corrected chi connectivity index (χ3v) is 8.37. The SMILES string of the molecule is CC1(C)CC(=O)C2=C(C1)N(c1sc3c(c1C#N)CCCC3)C(=O)C[C@H]2c1cccc([N+](=O)[O-])c1. The first-order chi connectivity index (χ1) is 16.2. The molecule has 0 radical (unpaired) electrons. The van der Waals surface area contributed by atoms with E-state index in [1.165, 1.54) is 23.5 Å². The summed E-state index contributed by atoms with van der Waals surface area (Å²) in [5.74, 6) is -0.724. The van der Waals surface area contributed by atoms with Gasteiger partial charge >= 0.3 is 0 Å². The summed E-state index contributed by atoms with van der Waals surface area (Å²) in [6.45, 7) is 4.03. The van der Waals surface area contributed by atoms with E-state index in [1.807, 2.05) is 13.8 Å². The van der Waals surface area contributed by atoms with Crippen molar-refractivity contribution in [2.24, 2.45) is 5.41 Å². The van der Waals surface area contributed by atoms with Gasteiger partial charge in [-0.15, -0.1) is 11.3 Å². The van der Waals surface area contributed by atoms with Gasteiger partial charge in [-0.25, -0.2) is 0 Å². The molecule has 1 atom stereocenters. The lowest BCUT2D eigenvalue weighted by atomic mass is 9.69. The highest BCUT2D eigenvalue weighted by atomic mass is 32.1. The number of Topliss-reactive ketones (excluding diaryl/α,β-unsaturated/α-hetero) is 1. The Morgan fingerprint density at radius 2 is 1.97 bits per heavy atom. The van der Waals surface area contributed by atoms with Crippen LogP contribution in [0.4, 0.5) is 10.7 Å². The molecule has 0 N–H and O–H groups in total. The molecule has 0 unspecified atom stereocenters. The largest absolute Gasteiger partial charge is 0.294 e. The van der Waals surface area contributed by atoms with Crippen LogP contribution in [0.2, 0.25) is 0 Å². The van der Waals surface area contributed by atoms with Gasteiger partial charge in [-0.05, 0) is 48.6 Å². The van der Waals surface area contributed by atoms with E-state index < -0.39 is 10.8 Å². The number of allylic oxidation sites excluding steroid dienone is 2. The standard InChI is InChI=1S/C26H25N3O4S/c1-26(2)12-20-24(21(30)13-26)18(15-6-5-7-16(10-15)29(32)33)11-23(31)28(20)25-19(14-27)17-8-3-4-9-22(17)34-25/h5-7,10,18H,3-4,8-9,11-13H2,1-2H3/t18-/m0/s1. The Morgan fingerprint density at radius 1 is 1.21 bits per heavy atom. The summed E-state index contributed by atoms with van der Waals surface area (Å²) in [6, 6.07) is 8.58. The first-order valence-corrected chi connectivity index (χ1v) is 12.4. The number of aryl methyl sites for hydroxylation is 1. The van der Waals surface area contributed by atoms with Gasteiger partial charge in [0.1, 0.15) is 11.1 Å². The number of hydrogen-bond donors (Lipinski definition) is 0. The number of non-ortho nitro benzene ring substituents is 1. The monoisotopic (exact) mass is 475 g/mol. The normalized spacial score (nSPS) is 21.7. The predicted molar refractivity (Wildman–Crippen MR) is 129 cm³/mol. The van der Waals surface area contributed by atoms with E-state index in [0.29, 0.717) is 40.2 Å². The molecule has 2 heterocycles. The minimum absolute atomic E-state index is 0.0277. The quantitative estimate of drug-likeness (QED) is 0.426. The number of anilines is 1. The molecule has 8 heteroatoms. The summed E-state index contributed by atoms with van der Waals surface area (Å²) in [5, 5.41) is 22.0. The molecule has 3 aliphatic rings. The average molecular weight is 476 g/mol. The molecule has 0 spiro atoms. The van der Waals surface area contributed by atoms with Crippen molar-refractivity contribution in [1.29, 1.82) is 5.26 Å².